The van der Waals surface area contributed by atoms with Crippen molar-refractivity contribution in [3.63, 3.8) is 0 Å². The number of hydrogen-bond acceptors (Lipinski definition) is 6. The molecule has 0 saturated heterocycles. The molecule has 1 fully saturated rings. The first kappa shape index (κ1) is 23.5. The zero-order chi connectivity index (χ0) is 25.7. The average Bonchev–Trinajstić information content (AvgIpc) is 3.63. The number of halogens is 1. The number of pyridine rings is 2. The summed E-state index contributed by atoms with van der Waals surface area (Å²) in [6.45, 7) is 6.48. The van der Waals surface area contributed by atoms with E-state index in [1.165, 1.54) is 19.9 Å². The molecule has 0 bridgehead atoms. The molecule has 4 aromatic rings. The lowest BCUT2D eigenvalue weighted by Crippen LogP contribution is -2.25. The predicted octanol–water partition coefficient (Wildman–Crippen LogP) is 5.12. The molecule has 1 saturated carbocycles. The Balaban J connectivity index is 1.85. The fraction of sp³-hybridized carbons (Fsp3) is 0.259. The van der Waals surface area contributed by atoms with Crippen molar-refractivity contribution in [1.29, 1.82) is 0 Å². The van der Waals surface area contributed by atoms with Crippen molar-refractivity contribution in [2.24, 2.45) is 0 Å². The summed E-state index contributed by atoms with van der Waals surface area (Å²) >= 11 is 0. The first-order valence-corrected chi connectivity index (χ1v) is 11.7. The van der Waals surface area contributed by atoms with Gasteiger partial charge in [-0.1, -0.05) is 12.1 Å². The summed E-state index contributed by atoms with van der Waals surface area (Å²) in [5.41, 5.74) is 1.82. The molecule has 5 rings (SSSR count). The van der Waals surface area contributed by atoms with E-state index in [0.29, 0.717) is 22.8 Å². The van der Waals surface area contributed by atoms with Crippen molar-refractivity contribution in [1.82, 2.24) is 9.55 Å². The highest BCUT2D eigenvalue weighted by Gasteiger charge is 2.31. The van der Waals surface area contributed by atoms with Gasteiger partial charge in [0.1, 0.15) is 17.0 Å². The molecule has 0 atom stereocenters. The van der Waals surface area contributed by atoms with Gasteiger partial charge >= 0.3 is 5.63 Å². The van der Waals surface area contributed by atoms with Crippen LogP contribution in [0.2, 0.25) is 0 Å². The standard InChI is InChI=1S/C27H25FN4O4/c1-13-8-11-19(18(28)12-13)31-24-14(2)27(35)36-25-22(20-6-5-7-21(30-20)29-16(4)33)15(3)32(17-9-10-17)26(34)23(24)25/h5-8,11-12,17,31H,9-10H2,1-4H3,(H,29,30,33). The molecule has 184 valence electrons. The number of nitrogens with one attached hydrogen (secondary N) is 2. The highest BCUT2D eigenvalue weighted by atomic mass is 19.1. The van der Waals surface area contributed by atoms with E-state index in [1.807, 2.05) is 0 Å². The second-order valence-electron chi connectivity index (χ2n) is 9.16. The Bertz CT molecular complexity index is 1670. The van der Waals surface area contributed by atoms with Gasteiger partial charge < -0.3 is 19.6 Å². The number of carbonyl (C=O) groups is 1. The Morgan fingerprint density at radius 1 is 1.14 bits per heavy atom. The van der Waals surface area contributed by atoms with Crippen LogP contribution in [0.1, 0.15) is 42.6 Å². The van der Waals surface area contributed by atoms with Crippen LogP contribution in [0.25, 0.3) is 22.2 Å². The number of aromatic nitrogens is 2. The lowest BCUT2D eigenvalue weighted by atomic mass is 10.0. The van der Waals surface area contributed by atoms with E-state index in [0.717, 1.165) is 18.4 Å². The van der Waals surface area contributed by atoms with Crippen LogP contribution in [0.15, 0.2) is 50.4 Å². The van der Waals surface area contributed by atoms with E-state index in [2.05, 4.69) is 15.6 Å². The molecular formula is C27H25FN4O4. The molecule has 0 aliphatic heterocycles. The molecule has 3 heterocycles. The summed E-state index contributed by atoms with van der Waals surface area (Å²) < 4.78 is 22.2. The Labute approximate surface area is 205 Å². The maximum atomic E-state index is 14.8. The van der Waals surface area contributed by atoms with Gasteiger partial charge in [-0.3, -0.25) is 9.59 Å². The second kappa shape index (κ2) is 8.75. The Morgan fingerprint density at radius 2 is 1.89 bits per heavy atom. The van der Waals surface area contributed by atoms with Crippen molar-refractivity contribution in [3.8, 4) is 11.3 Å². The quantitative estimate of drug-likeness (QED) is 0.404. The number of hydrogen-bond donors (Lipinski definition) is 2. The van der Waals surface area contributed by atoms with Crippen LogP contribution in [0.3, 0.4) is 0 Å². The van der Waals surface area contributed by atoms with Crippen molar-refractivity contribution in [2.75, 3.05) is 10.6 Å². The number of nitrogens with zero attached hydrogens (tertiary/aromatic N) is 2. The summed E-state index contributed by atoms with van der Waals surface area (Å²) in [6, 6.07) is 9.78. The van der Waals surface area contributed by atoms with Gasteiger partial charge in [0, 0.05) is 18.7 Å². The van der Waals surface area contributed by atoms with Gasteiger partial charge in [-0.25, -0.2) is 14.2 Å². The number of benzene rings is 1. The molecule has 0 radical (unpaired) electrons. The predicted molar refractivity (Wildman–Crippen MR) is 136 cm³/mol. The molecule has 9 heteroatoms. The zero-order valence-electron chi connectivity index (χ0n) is 20.4. The van der Waals surface area contributed by atoms with Crippen molar-refractivity contribution in [3.05, 3.63) is 79.8 Å². The van der Waals surface area contributed by atoms with E-state index < -0.39 is 11.4 Å². The summed E-state index contributed by atoms with van der Waals surface area (Å²) in [5, 5.41) is 5.79. The molecule has 0 unspecified atom stereocenters. The van der Waals surface area contributed by atoms with Gasteiger partial charge in [-0.2, -0.15) is 0 Å². The number of rotatable bonds is 5. The smallest absolute Gasteiger partial charge is 0.341 e. The molecular weight excluding hydrogens is 463 g/mol. The number of carbonyl (C=O) groups excluding carboxylic acids is 1. The van der Waals surface area contributed by atoms with E-state index in [9.17, 15) is 18.8 Å². The maximum Gasteiger partial charge on any atom is 0.341 e. The summed E-state index contributed by atoms with van der Waals surface area (Å²) in [4.78, 5) is 42.9. The van der Waals surface area contributed by atoms with Crippen LogP contribution in [0.4, 0.5) is 21.6 Å². The molecule has 3 aromatic heterocycles. The molecule has 8 nitrogen and oxygen atoms in total. The highest BCUT2D eigenvalue weighted by Crippen LogP contribution is 2.40. The minimum Gasteiger partial charge on any atom is -0.421 e. The second-order valence-corrected chi connectivity index (χ2v) is 9.16. The van der Waals surface area contributed by atoms with E-state index in [-0.39, 0.29) is 45.4 Å². The Hall–Kier alpha value is -4.27. The van der Waals surface area contributed by atoms with E-state index >= 15 is 0 Å². The van der Waals surface area contributed by atoms with Crippen LogP contribution in [-0.2, 0) is 4.79 Å². The molecule has 1 amide bonds. The normalized spacial score (nSPS) is 13.1. The van der Waals surface area contributed by atoms with Gasteiger partial charge in [0.2, 0.25) is 5.91 Å². The number of amides is 1. The molecule has 0 spiro atoms. The third-order valence-corrected chi connectivity index (χ3v) is 6.34. The lowest BCUT2D eigenvalue weighted by Gasteiger charge is -2.19. The summed E-state index contributed by atoms with van der Waals surface area (Å²) in [5.74, 6) is -0.459. The largest absolute Gasteiger partial charge is 0.421 e. The molecule has 1 aliphatic rings. The van der Waals surface area contributed by atoms with Gasteiger partial charge in [0.25, 0.3) is 5.56 Å². The van der Waals surface area contributed by atoms with Gasteiger partial charge in [0.15, 0.2) is 5.58 Å². The highest BCUT2D eigenvalue weighted by molar-refractivity contribution is 6.01. The SMILES string of the molecule is CC(=O)Nc1cccc(-c2c(C)n(C3CC3)c(=O)c3c(Nc4ccc(C)cc4F)c(C)c(=O)oc23)n1. The van der Waals surface area contributed by atoms with Crippen LogP contribution in [0.5, 0.6) is 0 Å². The molecule has 2 N–H and O–H groups in total. The fourth-order valence-corrected chi connectivity index (χ4v) is 4.47. The number of aryl methyl sites for hydroxylation is 1. The van der Waals surface area contributed by atoms with Crippen molar-refractivity contribution in [2.45, 2.75) is 46.6 Å². The molecule has 1 aliphatic carbocycles. The molecule has 1 aromatic carbocycles. The van der Waals surface area contributed by atoms with Crippen LogP contribution in [-0.4, -0.2) is 15.5 Å². The minimum atomic E-state index is -0.653. The number of fused-ring (bicyclic) bond motifs is 1. The van der Waals surface area contributed by atoms with Gasteiger partial charge in [-0.15, -0.1) is 0 Å². The fourth-order valence-electron chi connectivity index (χ4n) is 4.47. The van der Waals surface area contributed by atoms with Gasteiger partial charge in [0.05, 0.1) is 28.2 Å². The third kappa shape index (κ3) is 4.06. The maximum absolute atomic E-state index is 14.8. The molecule has 36 heavy (non-hydrogen) atoms. The Morgan fingerprint density at radius 3 is 2.56 bits per heavy atom. The van der Waals surface area contributed by atoms with Crippen molar-refractivity contribution >= 4 is 34.1 Å². The van der Waals surface area contributed by atoms with Crippen LogP contribution < -0.4 is 21.8 Å². The first-order valence-electron chi connectivity index (χ1n) is 11.7. The Kier molecular flexibility index (Phi) is 5.70. The minimum absolute atomic E-state index is 0.00960. The topological polar surface area (TPSA) is 106 Å². The number of anilines is 3. The zero-order valence-corrected chi connectivity index (χ0v) is 20.4. The van der Waals surface area contributed by atoms with Crippen molar-refractivity contribution < 1.29 is 13.6 Å². The average molecular weight is 489 g/mol. The third-order valence-electron chi connectivity index (χ3n) is 6.34. The van der Waals surface area contributed by atoms with Gasteiger partial charge in [-0.05, 0) is 63.4 Å². The van der Waals surface area contributed by atoms with E-state index in [4.69, 9.17) is 4.42 Å². The first-order chi connectivity index (χ1) is 17.2. The van der Waals surface area contributed by atoms with E-state index in [1.54, 1.807) is 48.7 Å². The summed E-state index contributed by atoms with van der Waals surface area (Å²) in [7, 11) is 0. The van der Waals surface area contributed by atoms with Crippen LogP contribution >= 0.6 is 0 Å². The van der Waals surface area contributed by atoms with Crippen LogP contribution in [0, 0.1) is 26.6 Å². The lowest BCUT2D eigenvalue weighted by molar-refractivity contribution is -0.114. The summed E-state index contributed by atoms with van der Waals surface area (Å²) in [6.07, 6.45) is 1.69. The monoisotopic (exact) mass is 488 g/mol.